The average molecular weight is 401 g/mol. The van der Waals surface area contributed by atoms with E-state index in [2.05, 4.69) is 11.9 Å². The van der Waals surface area contributed by atoms with Crippen molar-refractivity contribution in [2.24, 2.45) is 0 Å². The van der Waals surface area contributed by atoms with Gasteiger partial charge in [-0.2, -0.15) is 13.2 Å². The molecular formula is C20H26F3NO4. The van der Waals surface area contributed by atoms with Gasteiger partial charge in [0.15, 0.2) is 5.78 Å². The second-order valence-electron chi connectivity index (χ2n) is 7.21. The van der Waals surface area contributed by atoms with Crippen LogP contribution in [0.5, 0.6) is 0 Å². The smallest absolute Gasteiger partial charge is 0.424 e. The van der Waals surface area contributed by atoms with Crippen LogP contribution < -0.4 is 5.32 Å². The van der Waals surface area contributed by atoms with Crippen LogP contribution in [0.25, 0.3) is 0 Å². The van der Waals surface area contributed by atoms with Gasteiger partial charge in [-0.1, -0.05) is 36.4 Å². The summed E-state index contributed by atoms with van der Waals surface area (Å²) in [6.45, 7) is 6.93. The van der Waals surface area contributed by atoms with Crippen molar-refractivity contribution < 1.29 is 32.2 Å². The van der Waals surface area contributed by atoms with Gasteiger partial charge in [0.2, 0.25) is 5.60 Å². The number of hydrogen-bond acceptors (Lipinski definition) is 4. The van der Waals surface area contributed by atoms with Crippen LogP contribution in [-0.4, -0.2) is 35.8 Å². The first kappa shape index (κ1) is 23.7. The van der Waals surface area contributed by atoms with Gasteiger partial charge < -0.3 is 14.8 Å². The molecule has 0 aliphatic heterocycles. The van der Waals surface area contributed by atoms with Crippen LogP contribution in [0.1, 0.15) is 39.2 Å². The lowest BCUT2D eigenvalue weighted by Gasteiger charge is -2.34. The minimum atomic E-state index is -4.97. The van der Waals surface area contributed by atoms with E-state index in [1.165, 1.54) is 6.08 Å². The molecule has 1 aromatic rings. The number of halogens is 3. The van der Waals surface area contributed by atoms with E-state index in [4.69, 9.17) is 9.47 Å². The summed E-state index contributed by atoms with van der Waals surface area (Å²) in [5.74, 6) is -1.30. The molecule has 28 heavy (non-hydrogen) atoms. The molecule has 0 aliphatic rings. The molecule has 1 rings (SSSR count). The quantitative estimate of drug-likeness (QED) is 0.616. The summed E-state index contributed by atoms with van der Waals surface area (Å²) in [7, 11) is 0. The van der Waals surface area contributed by atoms with Gasteiger partial charge in [-0.05, 0) is 39.2 Å². The summed E-state index contributed by atoms with van der Waals surface area (Å²) in [5, 5.41) is 2.07. The van der Waals surface area contributed by atoms with Crippen LogP contribution in [0.15, 0.2) is 43.0 Å². The average Bonchev–Trinajstić information content (AvgIpc) is 2.58. The van der Waals surface area contributed by atoms with Crippen molar-refractivity contribution in [1.82, 2.24) is 5.32 Å². The molecule has 1 aromatic carbocycles. The highest BCUT2D eigenvalue weighted by Crippen LogP contribution is 2.39. The number of hydrogen-bond donors (Lipinski definition) is 1. The number of alkyl halides is 3. The van der Waals surface area contributed by atoms with E-state index in [0.717, 1.165) is 0 Å². The second kappa shape index (κ2) is 9.73. The summed E-state index contributed by atoms with van der Waals surface area (Å²) in [4.78, 5) is 24.3. The van der Waals surface area contributed by atoms with Crippen molar-refractivity contribution in [3.63, 3.8) is 0 Å². The van der Waals surface area contributed by atoms with E-state index in [0.29, 0.717) is 5.56 Å². The minimum absolute atomic E-state index is 0.0908. The first-order valence-electron chi connectivity index (χ1n) is 8.77. The molecule has 156 valence electrons. The molecule has 0 radical (unpaired) electrons. The summed E-state index contributed by atoms with van der Waals surface area (Å²) in [5.41, 5.74) is -3.42. The van der Waals surface area contributed by atoms with Crippen molar-refractivity contribution >= 4 is 11.9 Å². The summed E-state index contributed by atoms with van der Waals surface area (Å²) in [6.07, 6.45) is -5.41. The van der Waals surface area contributed by atoms with Crippen molar-refractivity contribution in [1.29, 1.82) is 0 Å². The molecule has 1 unspecified atom stereocenters. The van der Waals surface area contributed by atoms with Gasteiger partial charge >= 0.3 is 12.3 Å². The van der Waals surface area contributed by atoms with Crippen LogP contribution in [0.2, 0.25) is 0 Å². The second-order valence-corrected chi connectivity index (χ2v) is 7.21. The van der Waals surface area contributed by atoms with Gasteiger partial charge in [0, 0.05) is 0 Å². The molecule has 1 atom stereocenters. The molecule has 0 heterocycles. The molecule has 0 bridgehead atoms. The highest BCUT2D eigenvalue weighted by molar-refractivity contribution is 5.92. The number of carbonyl (C=O) groups excluding carboxylic acids is 2. The molecule has 1 amide bonds. The standard InChI is InChI=1S/C20H26F3NO4/c1-5-6-12-19(20(21,22)23,27-14-15-10-8-7-9-11-15)16(25)13-24-17(26)28-18(2,3)4/h5,7-11H,1,6,12-14H2,2-4H3,(H,24,26). The number of allylic oxidation sites excluding steroid dienone is 1. The summed E-state index contributed by atoms with van der Waals surface area (Å²) >= 11 is 0. The van der Waals surface area contributed by atoms with Gasteiger partial charge in [0.25, 0.3) is 0 Å². The number of benzene rings is 1. The lowest BCUT2D eigenvalue weighted by Crippen LogP contribution is -2.57. The number of ether oxygens (including phenoxy) is 2. The van der Waals surface area contributed by atoms with E-state index in [-0.39, 0.29) is 6.42 Å². The molecule has 1 N–H and O–H groups in total. The Labute approximate surface area is 162 Å². The van der Waals surface area contributed by atoms with Crippen LogP contribution in [0.3, 0.4) is 0 Å². The lowest BCUT2D eigenvalue weighted by molar-refractivity contribution is -0.271. The maximum atomic E-state index is 13.9. The molecule has 5 nitrogen and oxygen atoms in total. The van der Waals surface area contributed by atoms with Gasteiger partial charge in [-0.3, -0.25) is 4.79 Å². The van der Waals surface area contributed by atoms with Crippen molar-refractivity contribution in [2.45, 2.75) is 57.6 Å². The number of amides is 1. The Morgan fingerprint density at radius 2 is 1.75 bits per heavy atom. The Morgan fingerprint density at radius 3 is 2.25 bits per heavy atom. The Hall–Kier alpha value is -2.35. The topological polar surface area (TPSA) is 64.6 Å². The molecule has 8 heteroatoms. The number of ketones is 1. The van der Waals surface area contributed by atoms with Crippen molar-refractivity contribution in [2.75, 3.05) is 6.54 Å². The summed E-state index contributed by atoms with van der Waals surface area (Å²) < 4.78 is 51.9. The van der Waals surface area contributed by atoms with Crippen LogP contribution >= 0.6 is 0 Å². The maximum Gasteiger partial charge on any atom is 0.424 e. The number of Topliss-reactive ketones (excluding diaryl/α,β-unsaturated/α-hetero) is 1. The Morgan fingerprint density at radius 1 is 1.14 bits per heavy atom. The third-order valence-electron chi connectivity index (χ3n) is 3.73. The van der Waals surface area contributed by atoms with Gasteiger partial charge in [0.1, 0.15) is 5.60 Å². The first-order valence-corrected chi connectivity index (χ1v) is 8.77. The third kappa shape index (κ3) is 6.99. The van der Waals surface area contributed by atoms with Crippen LogP contribution in [-0.2, 0) is 20.9 Å². The number of rotatable bonds is 9. The fraction of sp³-hybridized carbons (Fsp3) is 0.500. The molecule has 0 aliphatic carbocycles. The normalized spacial score (nSPS) is 14.1. The number of carbonyl (C=O) groups is 2. The fourth-order valence-corrected chi connectivity index (χ4v) is 2.37. The number of alkyl carbamates (subject to hydrolysis) is 1. The van der Waals surface area contributed by atoms with Crippen LogP contribution in [0, 0.1) is 0 Å². The van der Waals surface area contributed by atoms with E-state index in [1.54, 1.807) is 51.1 Å². The zero-order valence-corrected chi connectivity index (χ0v) is 16.3. The molecule has 0 saturated carbocycles. The van der Waals surface area contributed by atoms with E-state index in [1.807, 2.05) is 0 Å². The van der Waals surface area contributed by atoms with E-state index in [9.17, 15) is 22.8 Å². The first-order chi connectivity index (χ1) is 12.9. The van der Waals surface area contributed by atoms with Crippen LogP contribution in [0.4, 0.5) is 18.0 Å². The summed E-state index contributed by atoms with van der Waals surface area (Å²) in [6, 6.07) is 8.22. The van der Waals surface area contributed by atoms with Gasteiger partial charge in [0.05, 0.1) is 13.2 Å². The van der Waals surface area contributed by atoms with Crippen molar-refractivity contribution in [3.8, 4) is 0 Å². The number of nitrogens with one attached hydrogen (secondary N) is 1. The van der Waals surface area contributed by atoms with E-state index < -0.39 is 48.8 Å². The monoisotopic (exact) mass is 401 g/mol. The molecule has 0 fully saturated rings. The Kier molecular flexibility index (Phi) is 8.23. The zero-order valence-electron chi connectivity index (χ0n) is 16.3. The van der Waals surface area contributed by atoms with E-state index >= 15 is 0 Å². The zero-order chi connectivity index (χ0) is 21.4. The Bertz CT molecular complexity index is 668. The van der Waals surface area contributed by atoms with Gasteiger partial charge in [-0.15, -0.1) is 6.58 Å². The molecule has 0 spiro atoms. The highest BCUT2D eigenvalue weighted by Gasteiger charge is 2.60. The van der Waals surface area contributed by atoms with Gasteiger partial charge in [-0.25, -0.2) is 4.79 Å². The molecule has 0 aromatic heterocycles. The Balaban J connectivity index is 3.01. The predicted octanol–water partition coefficient (Wildman–Crippen LogP) is 4.56. The maximum absolute atomic E-state index is 13.9. The molecular weight excluding hydrogens is 375 g/mol. The minimum Gasteiger partial charge on any atom is -0.444 e. The lowest BCUT2D eigenvalue weighted by atomic mass is 9.91. The fourth-order valence-electron chi connectivity index (χ4n) is 2.37. The largest absolute Gasteiger partial charge is 0.444 e. The molecule has 0 saturated heterocycles. The highest BCUT2D eigenvalue weighted by atomic mass is 19.4. The third-order valence-corrected chi connectivity index (χ3v) is 3.73. The van der Waals surface area contributed by atoms with Crippen molar-refractivity contribution in [3.05, 3.63) is 48.6 Å². The predicted molar refractivity (Wildman–Crippen MR) is 98.7 cm³/mol. The SMILES string of the molecule is C=CCCC(OCc1ccccc1)(C(=O)CNC(=O)OC(C)(C)C)C(F)(F)F.